The summed E-state index contributed by atoms with van der Waals surface area (Å²) in [5.74, 6) is 6.11. The summed E-state index contributed by atoms with van der Waals surface area (Å²) in [7, 11) is 4.56. The Morgan fingerprint density at radius 1 is 1.21 bits per heavy atom. The highest BCUT2D eigenvalue weighted by molar-refractivity contribution is 5.81. The van der Waals surface area contributed by atoms with Crippen molar-refractivity contribution < 1.29 is 19.0 Å². The Bertz CT molecular complexity index is 426. The fourth-order valence-electron chi connectivity index (χ4n) is 1.71. The lowest BCUT2D eigenvalue weighted by atomic mass is 10.0. The number of methoxy groups -OCH3 is 3. The Kier molecular flexibility index (Phi) is 5.40. The minimum atomic E-state index is -0.743. The first-order valence-corrected chi connectivity index (χ1v) is 5.62. The molecule has 1 aromatic rings. The monoisotopic (exact) mass is 269 g/mol. The average molecular weight is 269 g/mol. The van der Waals surface area contributed by atoms with Crippen LogP contribution in [0.3, 0.4) is 0 Å². The standard InChI is InChI=1S/C12H19N3O4/c1-17-9-5-7(4-8(13)12(16)15-14)6-10(18-2)11(9)19-3/h5-6,8H,4,13-14H2,1-3H3,(H,15,16). The van der Waals surface area contributed by atoms with Gasteiger partial charge in [-0.05, 0) is 24.1 Å². The molecule has 1 atom stereocenters. The van der Waals surface area contributed by atoms with Crippen LogP contribution in [0, 0.1) is 0 Å². The molecular formula is C12H19N3O4. The fourth-order valence-corrected chi connectivity index (χ4v) is 1.71. The van der Waals surface area contributed by atoms with Gasteiger partial charge < -0.3 is 19.9 Å². The minimum absolute atomic E-state index is 0.305. The molecule has 106 valence electrons. The third-order valence-electron chi connectivity index (χ3n) is 2.66. The third-order valence-corrected chi connectivity index (χ3v) is 2.66. The van der Waals surface area contributed by atoms with Crippen molar-refractivity contribution in [3.8, 4) is 17.2 Å². The Morgan fingerprint density at radius 2 is 1.74 bits per heavy atom. The van der Waals surface area contributed by atoms with Gasteiger partial charge >= 0.3 is 0 Å². The molecule has 1 rings (SSSR count). The zero-order valence-electron chi connectivity index (χ0n) is 11.2. The molecule has 1 unspecified atom stereocenters. The number of ether oxygens (including phenoxy) is 3. The second-order valence-corrected chi connectivity index (χ2v) is 3.85. The molecule has 0 spiro atoms. The van der Waals surface area contributed by atoms with Crippen LogP contribution in [-0.2, 0) is 11.2 Å². The highest BCUT2D eigenvalue weighted by Crippen LogP contribution is 2.38. The Morgan fingerprint density at radius 3 is 2.11 bits per heavy atom. The zero-order chi connectivity index (χ0) is 14.4. The maximum Gasteiger partial charge on any atom is 0.251 e. The van der Waals surface area contributed by atoms with E-state index in [1.807, 2.05) is 5.43 Å². The Balaban J connectivity index is 3.06. The normalized spacial score (nSPS) is 11.6. The van der Waals surface area contributed by atoms with Gasteiger partial charge in [-0.1, -0.05) is 0 Å². The molecule has 19 heavy (non-hydrogen) atoms. The van der Waals surface area contributed by atoms with Crippen molar-refractivity contribution in [1.82, 2.24) is 5.43 Å². The first-order chi connectivity index (χ1) is 9.07. The summed E-state index contributed by atoms with van der Waals surface area (Å²) in [4.78, 5) is 11.3. The van der Waals surface area contributed by atoms with Crippen LogP contribution >= 0.6 is 0 Å². The lowest BCUT2D eigenvalue weighted by Crippen LogP contribution is -2.45. The van der Waals surface area contributed by atoms with Crippen LogP contribution in [0.5, 0.6) is 17.2 Å². The molecule has 0 fully saturated rings. The maximum atomic E-state index is 11.3. The van der Waals surface area contributed by atoms with Gasteiger partial charge in [-0.15, -0.1) is 0 Å². The van der Waals surface area contributed by atoms with E-state index in [0.717, 1.165) is 5.56 Å². The summed E-state index contributed by atoms with van der Waals surface area (Å²) in [6.45, 7) is 0. The van der Waals surface area contributed by atoms with Crippen molar-refractivity contribution in [2.45, 2.75) is 12.5 Å². The number of carbonyl (C=O) groups is 1. The number of hydrogen-bond donors (Lipinski definition) is 3. The predicted octanol–water partition coefficient (Wildman–Crippen LogP) is -0.428. The second kappa shape index (κ2) is 6.81. The number of carbonyl (C=O) groups excluding carboxylic acids is 1. The molecule has 0 saturated heterocycles. The summed E-state index contributed by atoms with van der Waals surface area (Å²) >= 11 is 0. The molecule has 1 amide bonds. The van der Waals surface area contributed by atoms with Gasteiger partial charge in [0.1, 0.15) is 0 Å². The van der Waals surface area contributed by atoms with E-state index in [-0.39, 0.29) is 0 Å². The lowest BCUT2D eigenvalue weighted by molar-refractivity contribution is -0.122. The molecule has 7 nitrogen and oxygen atoms in total. The van der Waals surface area contributed by atoms with Crippen molar-refractivity contribution in [1.29, 1.82) is 0 Å². The molecule has 0 radical (unpaired) electrons. The molecule has 7 heteroatoms. The van der Waals surface area contributed by atoms with E-state index in [2.05, 4.69) is 0 Å². The quantitative estimate of drug-likeness (QED) is 0.367. The first-order valence-electron chi connectivity index (χ1n) is 5.62. The van der Waals surface area contributed by atoms with Crippen molar-refractivity contribution in [3.05, 3.63) is 17.7 Å². The Hall–Kier alpha value is -1.99. The molecule has 0 bridgehead atoms. The van der Waals surface area contributed by atoms with Crippen LogP contribution in [0.1, 0.15) is 5.56 Å². The maximum absolute atomic E-state index is 11.3. The van der Waals surface area contributed by atoms with E-state index in [1.54, 1.807) is 12.1 Å². The molecule has 5 N–H and O–H groups in total. The van der Waals surface area contributed by atoms with Crippen LogP contribution in [0.4, 0.5) is 0 Å². The fraction of sp³-hybridized carbons (Fsp3) is 0.417. The van der Waals surface area contributed by atoms with E-state index < -0.39 is 11.9 Å². The van der Waals surface area contributed by atoms with Crippen LogP contribution in [0.25, 0.3) is 0 Å². The number of nitrogens with one attached hydrogen (secondary N) is 1. The summed E-state index contributed by atoms with van der Waals surface area (Å²) < 4.78 is 15.6. The predicted molar refractivity (Wildman–Crippen MR) is 70.1 cm³/mol. The number of nitrogens with two attached hydrogens (primary N) is 2. The van der Waals surface area contributed by atoms with Gasteiger partial charge in [-0.3, -0.25) is 10.2 Å². The number of rotatable bonds is 6. The molecule has 0 aliphatic heterocycles. The van der Waals surface area contributed by atoms with Crippen LogP contribution in [0.15, 0.2) is 12.1 Å². The van der Waals surface area contributed by atoms with Crippen molar-refractivity contribution in [2.75, 3.05) is 21.3 Å². The summed E-state index contributed by atoms with van der Waals surface area (Å²) in [6.07, 6.45) is 0.305. The van der Waals surface area contributed by atoms with E-state index in [4.69, 9.17) is 25.8 Å². The number of amides is 1. The van der Waals surface area contributed by atoms with Gasteiger partial charge in [0.2, 0.25) is 5.75 Å². The zero-order valence-corrected chi connectivity index (χ0v) is 11.2. The highest BCUT2D eigenvalue weighted by Gasteiger charge is 2.17. The van der Waals surface area contributed by atoms with E-state index in [1.165, 1.54) is 21.3 Å². The lowest BCUT2D eigenvalue weighted by Gasteiger charge is -2.15. The molecular weight excluding hydrogens is 250 g/mol. The number of hydrazine groups is 1. The van der Waals surface area contributed by atoms with Gasteiger partial charge in [-0.2, -0.15) is 0 Å². The SMILES string of the molecule is COc1cc(CC(N)C(=O)NN)cc(OC)c1OC. The molecule has 0 heterocycles. The van der Waals surface area contributed by atoms with Gasteiger partial charge in [0.25, 0.3) is 5.91 Å². The first kappa shape index (κ1) is 15.1. The van der Waals surface area contributed by atoms with Crippen LogP contribution < -0.4 is 31.2 Å². The van der Waals surface area contributed by atoms with Crippen LogP contribution in [-0.4, -0.2) is 33.3 Å². The highest BCUT2D eigenvalue weighted by atomic mass is 16.5. The Labute approximate surface area is 111 Å². The van der Waals surface area contributed by atoms with Gasteiger partial charge in [-0.25, -0.2) is 5.84 Å². The summed E-state index contributed by atoms with van der Waals surface area (Å²) in [5.41, 5.74) is 8.51. The second-order valence-electron chi connectivity index (χ2n) is 3.85. The molecule has 1 aromatic carbocycles. The number of benzene rings is 1. The summed E-state index contributed by atoms with van der Waals surface area (Å²) in [5, 5.41) is 0. The smallest absolute Gasteiger partial charge is 0.251 e. The van der Waals surface area contributed by atoms with Gasteiger partial charge in [0.05, 0.1) is 27.4 Å². The van der Waals surface area contributed by atoms with Gasteiger partial charge in [0.15, 0.2) is 11.5 Å². The van der Waals surface area contributed by atoms with Crippen molar-refractivity contribution in [3.63, 3.8) is 0 Å². The van der Waals surface area contributed by atoms with E-state index >= 15 is 0 Å². The van der Waals surface area contributed by atoms with E-state index in [0.29, 0.717) is 23.7 Å². The summed E-state index contributed by atoms with van der Waals surface area (Å²) in [6, 6.07) is 2.74. The molecule has 0 aromatic heterocycles. The number of hydrogen-bond acceptors (Lipinski definition) is 6. The minimum Gasteiger partial charge on any atom is -0.493 e. The topological polar surface area (TPSA) is 109 Å². The molecule has 0 aliphatic carbocycles. The largest absolute Gasteiger partial charge is 0.493 e. The van der Waals surface area contributed by atoms with Crippen molar-refractivity contribution >= 4 is 5.91 Å². The molecule has 0 aliphatic rings. The van der Waals surface area contributed by atoms with Crippen molar-refractivity contribution in [2.24, 2.45) is 11.6 Å². The molecule has 0 saturated carbocycles. The average Bonchev–Trinajstić information content (AvgIpc) is 2.44. The van der Waals surface area contributed by atoms with Gasteiger partial charge in [0, 0.05) is 0 Å². The van der Waals surface area contributed by atoms with Crippen LogP contribution in [0.2, 0.25) is 0 Å². The van der Waals surface area contributed by atoms with E-state index in [9.17, 15) is 4.79 Å². The third kappa shape index (κ3) is 3.49.